The fourth-order valence-electron chi connectivity index (χ4n) is 2.03. The van der Waals surface area contributed by atoms with Crippen LogP contribution in [0.25, 0.3) is 0 Å². The summed E-state index contributed by atoms with van der Waals surface area (Å²) < 4.78 is 2.26. The fraction of sp³-hybridized carbons (Fsp3) is 0.727. The molecule has 1 atom stereocenters. The molecule has 1 saturated carbocycles. The standard InChI is InChI=1S/C11H19N3/c1-2-10(5-9-3-4-9)14-8-13-7-11(14)6-12/h7-10H,2-6,12H2,1H3. The van der Waals surface area contributed by atoms with E-state index in [1.807, 2.05) is 12.5 Å². The third-order valence-corrected chi connectivity index (χ3v) is 3.12. The van der Waals surface area contributed by atoms with Crippen LogP contribution in [0.1, 0.15) is 44.3 Å². The second-order valence-corrected chi connectivity index (χ2v) is 4.24. The van der Waals surface area contributed by atoms with E-state index in [0.29, 0.717) is 12.6 Å². The summed E-state index contributed by atoms with van der Waals surface area (Å²) in [5, 5.41) is 0. The van der Waals surface area contributed by atoms with Crippen LogP contribution in [0.2, 0.25) is 0 Å². The molecule has 0 aromatic carbocycles. The molecule has 1 fully saturated rings. The Morgan fingerprint density at radius 3 is 3.00 bits per heavy atom. The van der Waals surface area contributed by atoms with Gasteiger partial charge in [0.15, 0.2) is 0 Å². The maximum Gasteiger partial charge on any atom is 0.0951 e. The first kappa shape index (κ1) is 9.71. The molecule has 14 heavy (non-hydrogen) atoms. The van der Waals surface area contributed by atoms with Gasteiger partial charge in [-0.25, -0.2) is 4.98 Å². The molecular weight excluding hydrogens is 174 g/mol. The maximum atomic E-state index is 5.67. The topological polar surface area (TPSA) is 43.8 Å². The minimum atomic E-state index is 0.598. The average Bonchev–Trinajstić information content (AvgIpc) is 2.90. The van der Waals surface area contributed by atoms with Crippen molar-refractivity contribution in [3.05, 3.63) is 18.2 Å². The van der Waals surface area contributed by atoms with Crippen molar-refractivity contribution in [2.24, 2.45) is 11.7 Å². The zero-order valence-corrected chi connectivity index (χ0v) is 8.82. The van der Waals surface area contributed by atoms with Crippen molar-refractivity contribution in [3.63, 3.8) is 0 Å². The molecule has 1 aliphatic rings. The first-order chi connectivity index (χ1) is 6.85. The van der Waals surface area contributed by atoms with Crippen LogP contribution in [0.4, 0.5) is 0 Å². The third-order valence-electron chi connectivity index (χ3n) is 3.12. The van der Waals surface area contributed by atoms with Crippen molar-refractivity contribution in [2.75, 3.05) is 0 Å². The third kappa shape index (κ3) is 1.98. The Morgan fingerprint density at radius 2 is 2.43 bits per heavy atom. The van der Waals surface area contributed by atoms with Gasteiger partial charge in [0, 0.05) is 18.8 Å². The van der Waals surface area contributed by atoms with E-state index in [0.717, 1.165) is 11.6 Å². The molecule has 78 valence electrons. The van der Waals surface area contributed by atoms with E-state index < -0.39 is 0 Å². The number of nitrogens with two attached hydrogens (primary N) is 1. The smallest absolute Gasteiger partial charge is 0.0951 e. The molecule has 0 aliphatic heterocycles. The number of rotatable bonds is 5. The summed E-state index contributed by atoms with van der Waals surface area (Å²) in [6.07, 6.45) is 9.14. The zero-order valence-electron chi connectivity index (χ0n) is 8.82. The van der Waals surface area contributed by atoms with Crippen molar-refractivity contribution >= 4 is 0 Å². The summed E-state index contributed by atoms with van der Waals surface area (Å²) in [5.41, 5.74) is 6.84. The summed E-state index contributed by atoms with van der Waals surface area (Å²) in [7, 11) is 0. The van der Waals surface area contributed by atoms with Crippen molar-refractivity contribution < 1.29 is 0 Å². The van der Waals surface area contributed by atoms with E-state index in [2.05, 4.69) is 16.5 Å². The summed E-state index contributed by atoms with van der Waals surface area (Å²) in [5.74, 6) is 0.966. The van der Waals surface area contributed by atoms with Crippen LogP contribution in [-0.4, -0.2) is 9.55 Å². The molecule has 0 spiro atoms. The summed E-state index contributed by atoms with van der Waals surface area (Å²) in [6.45, 7) is 2.84. The first-order valence-corrected chi connectivity index (χ1v) is 5.56. The summed E-state index contributed by atoms with van der Waals surface area (Å²) >= 11 is 0. The Balaban J connectivity index is 2.08. The van der Waals surface area contributed by atoms with E-state index >= 15 is 0 Å². The molecule has 2 rings (SSSR count). The van der Waals surface area contributed by atoms with Crippen LogP contribution in [0.3, 0.4) is 0 Å². The molecule has 3 nitrogen and oxygen atoms in total. The van der Waals surface area contributed by atoms with Gasteiger partial charge in [-0.3, -0.25) is 0 Å². The lowest BCUT2D eigenvalue weighted by Crippen LogP contribution is -2.13. The van der Waals surface area contributed by atoms with E-state index in [1.54, 1.807) is 0 Å². The SMILES string of the molecule is CCC(CC1CC1)n1cncc1CN. The van der Waals surface area contributed by atoms with Crippen molar-refractivity contribution in [3.8, 4) is 0 Å². The second-order valence-electron chi connectivity index (χ2n) is 4.24. The van der Waals surface area contributed by atoms with Gasteiger partial charge in [0.25, 0.3) is 0 Å². The minimum Gasteiger partial charge on any atom is -0.330 e. The lowest BCUT2D eigenvalue weighted by Gasteiger charge is -2.18. The molecule has 0 saturated heterocycles. The molecule has 1 aromatic heterocycles. The number of aromatic nitrogens is 2. The van der Waals surface area contributed by atoms with Gasteiger partial charge in [-0.15, -0.1) is 0 Å². The van der Waals surface area contributed by atoms with Crippen LogP contribution in [0, 0.1) is 5.92 Å². The Labute approximate surface area is 85.3 Å². The first-order valence-electron chi connectivity index (χ1n) is 5.56. The highest BCUT2D eigenvalue weighted by Crippen LogP contribution is 2.38. The Bertz CT molecular complexity index is 288. The van der Waals surface area contributed by atoms with Gasteiger partial charge >= 0.3 is 0 Å². The molecule has 1 heterocycles. The van der Waals surface area contributed by atoms with E-state index in [1.165, 1.54) is 25.7 Å². The number of nitrogens with zero attached hydrogens (tertiary/aromatic N) is 2. The summed E-state index contributed by atoms with van der Waals surface area (Å²) in [4.78, 5) is 4.17. The van der Waals surface area contributed by atoms with Crippen molar-refractivity contribution in [2.45, 2.75) is 45.2 Å². The van der Waals surface area contributed by atoms with Crippen molar-refractivity contribution in [1.29, 1.82) is 0 Å². The average molecular weight is 193 g/mol. The van der Waals surface area contributed by atoms with Gasteiger partial charge in [0.2, 0.25) is 0 Å². The highest BCUT2D eigenvalue weighted by atomic mass is 15.1. The second kappa shape index (κ2) is 4.13. The lowest BCUT2D eigenvalue weighted by molar-refractivity contribution is 0.418. The number of imidazole rings is 1. The maximum absolute atomic E-state index is 5.67. The molecule has 1 aromatic rings. The van der Waals surface area contributed by atoms with Crippen LogP contribution in [0.5, 0.6) is 0 Å². The number of hydrogen-bond donors (Lipinski definition) is 1. The van der Waals surface area contributed by atoms with Gasteiger partial charge in [0.1, 0.15) is 0 Å². The van der Waals surface area contributed by atoms with Crippen LogP contribution in [-0.2, 0) is 6.54 Å². The van der Waals surface area contributed by atoms with Crippen molar-refractivity contribution in [1.82, 2.24) is 9.55 Å². The quantitative estimate of drug-likeness (QED) is 0.778. The monoisotopic (exact) mass is 193 g/mol. The Hall–Kier alpha value is -0.830. The molecule has 0 bridgehead atoms. The van der Waals surface area contributed by atoms with E-state index in [4.69, 9.17) is 5.73 Å². The molecule has 0 amide bonds. The van der Waals surface area contributed by atoms with E-state index in [9.17, 15) is 0 Å². The van der Waals surface area contributed by atoms with Gasteiger partial charge in [0.05, 0.1) is 12.0 Å². The molecule has 1 aliphatic carbocycles. The van der Waals surface area contributed by atoms with Crippen LogP contribution >= 0.6 is 0 Å². The van der Waals surface area contributed by atoms with Gasteiger partial charge in [-0.1, -0.05) is 19.8 Å². The van der Waals surface area contributed by atoms with Crippen LogP contribution < -0.4 is 5.73 Å². The molecule has 2 N–H and O–H groups in total. The molecule has 1 unspecified atom stereocenters. The Morgan fingerprint density at radius 1 is 1.64 bits per heavy atom. The highest BCUT2D eigenvalue weighted by Gasteiger charge is 2.25. The molecule has 3 heteroatoms. The minimum absolute atomic E-state index is 0.598. The zero-order chi connectivity index (χ0) is 9.97. The predicted octanol–water partition coefficient (Wildman–Crippen LogP) is 2.09. The lowest BCUT2D eigenvalue weighted by atomic mass is 10.1. The number of hydrogen-bond acceptors (Lipinski definition) is 2. The fourth-order valence-corrected chi connectivity index (χ4v) is 2.03. The highest BCUT2D eigenvalue weighted by molar-refractivity contribution is 5.00. The van der Waals surface area contributed by atoms with E-state index in [-0.39, 0.29) is 0 Å². The molecular formula is C11H19N3. The largest absolute Gasteiger partial charge is 0.330 e. The summed E-state index contributed by atoms with van der Waals surface area (Å²) in [6, 6.07) is 0.614. The Kier molecular flexibility index (Phi) is 2.87. The molecule has 0 radical (unpaired) electrons. The van der Waals surface area contributed by atoms with Gasteiger partial charge in [-0.2, -0.15) is 0 Å². The predicted molar refractivity (Wildman–Crippen MR) is 56.8 cm³/mol. The van der Waals surface area contributed by atoms with Crippen LogP contribution in [0.15, 0.2) is 12.5 Å². The van der Waals surface area contributed by atoms with Gasteiger partial charge < -0.3 is 10.3 Å². The normalized spacial score (nSPS) is 18.4. The van der Waals surface area contributed by atoms with Gasteiger partial charge in [-0.05, 0) is 18.8 Å².